The van der Waals surface area contributed by atoms with Crippen LogP contribution in [0, 0.1) is 11.7 Å². The second-order valence-electron chi connectivity index (χ2n) is 7.48. The number of carbonyl (C=O) groups is 2. The molecule has 0 aliphatic carbocycles. The average Bonchev–Trinajstić information content (AvgIpc) is 3.20. The van der Waals surface area contributed by atoms with E-state index in [0.717, 1.165) is 22.3 Å². The van der Waals surface area contributed by atoms with E-state index in [1.54, 1.807) is 11.4 Å². The molecule has 164 valence electrons. The van der Waals surface area contributed by atoms with Crippen molar-refractivity contribution in [3.8, 4) is 0 Å². The largest absolute Gasteiger partial charge is 0.355 e. The zero-order chi connectivity index (χ0) is 22.5. The van der Waals surface area contributed by atoms with Gasteiger partial charge in [-0.2, -0.15) is 0 Å². The number of nitrogens with zero attached hydrogens (tertiary/aromatic N) is 2. The van der Waals surface area contributed by atoms with E-state index in [9.17, 15) is 23.6 Å². The molecule has 0 aliphatic heterocycles. The van der Waals surface area contributed by atoms with Crippen LogP contribution in [0.1, 0.15) is 20.3 Å². The number of aromatic nitrogens is 2. The summed E-state index contributed by atoms with van der Waals surface area (Å²) >= 11 is 1.13. The maximum absolute atomic E-state index is 13.0. The van der Waals surface area contributed by atoms with Crippen molar-refractivity contribution in [2.45, 2.75) is 33.4 Å². The van der Waals surface area contributed by atoms with Crippen molar-refractivity contribution in [1.82, 2.24) is 14.5 Å². The number of rotatable bonds is 8. The Labute approximate surface area is 181 Å². The van der Waals surface area contributed by atoms with Crippen LogP contribution in [0.4, 0.5) is 10.1 Å². The third-order valence-electron chi connectivity index (χ3n) is 4.61. The maximum Gasteiger partial charge on any atom is 0.332 e. The van der Waals surface area contributed by atoms with E-state index in [2.05, 4.69) is 10.6 Å². The van der Waals surface area contributed by atoms with Crippen LogP contribution in [0.25, 0.3) is 10.2 Å². The summed E-state index contributed by atoms with van der Waals surface area (Å²) in [4.78, 5) is 50.5. The van der Waals surface area contributed by atoms with Gasteiger partial charge in [0.05, 0.1) is 5.52 Å². The SMILES string of the molecule is CC(C)CCNC(=O)Cn1c(=O)n(CC(=O)Nc2ccc(F)cc2)c(=O)c2sccc21. The van der Waals surface area contributed by atoms with Crippen LogP contribution < -0.4 is 21.9 Å². The van der Waals surface area contributed by atoms with Crippen molar-refractivity contribution in [2.75, 3.05) is 11.9 Å². The molecule has 2 heterocycles. The van der Waals surface area contributed by atoms with E-state index in [0.29, 0.717) is 23.7 Å². The molecule has 2 amide bonds. The lowest BCUT2D eigenvalue weighted by Gasteiger charge is -2.13. The first-order valence-corrected chi connectivity index (χ1v) is 10.7. The highest BCUT2D eigenvalue weighted by atomic mass is 32.1. The van der Waals surface area contributed by atoms with Crippen LogP contribution in [0.3, 0.4) is 0 Å². The zero-order valence-corrected chi connectivity index (χ0v) is 18.0. The molecule has 0 aliphatic rings. The Bertz CT molecular complexity index is 1210. The number of anilines is 1. The smallest absolute Gasteiger partial charge is 0.332 e. The second-order valence-corrected chi connectivity index (χ2v) is 8.40. The highest BCUT2D eigenvalue weighted by molar-refractivity contribution is 7.17. The molecule has 0 bridgehead atoms. The van der Waals surface area contributed by atoms with Crippen molar-refractivity contribution in [3.05, 3.63) is 62.4 Å². The summed E-state index contributed by atoms with van der Waals surface area (Å²) in [5.41, 5.74) is -0.652. The number of nitrogens with one attached hydrogen (secondary N) is 2. The highest BCUT2D eigenvalue weighted by Crippen LogP contribution is 2.15. The number of halogens is 1. The predicted octanol–water partition coefficient (Wildman–Crippen LogP) is 2.16. The molecule has 3 rings (SSSR count). The summed E-state index contributed by atoms with van der Waals surface area (Å²) in [7, 11) is 0. The molecule has 10 heteroatoms. The summed E-state index contributed by atoms with van der Waals surface area (Å²) in [5, 5.41) is 6.94. The number of carbonyl (C=O) groups excluding carboxylic acids is 2. The van der Waals surface area contributed by atoms with Crippen molar-refractivity contribution in [1.29, 1.82) is 0 Å². The number of amides is 2. The minimum atomic E-state index is -0.746. The fraction of sp³-hybridized carbons (Fsp3) is 0.333. The van der Waals surface area contributed by atoms with E-state index >= 15 is 0 Å². The van der Waals surface area contributed by atoms with Gasteiger partial charge in [-0.1, -0.05) is 13.8 Å². The fourth-order valence-corrected chi connectivity index (χ4v) is 3.85. The number of benzene rings is 1. The monoisotopic (exact) mass is 446 g/mol. The molecule has 2 N–H and O–H groups in total. The lowest BCUT2D eigenvalue weighted by molar-refractivity contribution is -0.121. The summed E-state index contributed by atoms with van der Waals surface area (Å²) in [6, 6.07) is 6.72. The first kappa shape index (κ1) is 22.4. The number of hydrogen-bond donors (Lipinski definition) is 2. The summed E-state index contributed by atoms with van der Waals surface area (Å²) in [5.74, 6) is -0.995. The van der Waals surface area contributed by atoms with Crippen LogP contribution in [-0.4, -0.2) is 27.5 Å². The van der Waals surface area contributed by atoms with E-state index in [4.69, 9.17) is 0 Å². The quantitative estimate of drug-likeness (QED) is 0.554. The molecule has 0 spiro atoms. The van der Waals surface area contributed by atoms with E-state index in [1.165, 1.54) is 28.8 Å². The van der Waals surface area contributed by atoms with Gasteiger partial charge >= 0.3 is 5.69 Å². The van der Waals surface area contributed by atoms with Gasteiger partial charge in [0.2, 0.25) is 11.8 Å². The Kier molecular flexibility index (Phi) is 7.01. The van der Waals surface area contributed by atoms with Gasteiger partial charge in [-0.05, 0) is 48.1 Å². The molecule has 0 radical (unpaired) electrons. The Morgan fingerprint density at radius 3 is 2.39 bits per heavy atom. The van der Waals surface area contributed by atoms with Crippen LogP contribution in [0.5, 0.6) is 0 Å². The van der Waals surface area contributed by atoms with Crippen molar-refractivity contribution >= 4 is 39.1 Å². The molecule has 0 unspecified atom stereocenters. The van der Waals surface area contributed by atoms with Crippen LogP contribution >= 0.6 is 11.3 Å². The molecule has 31 heavy (non-hydrogen) atoms. The predicted molar refractivity (Wildman–Crippen MR) is 118 cm³/mol. The van der Waals surface area contributed by atoms with E-state index in [-0.39, 0.29) is 17.2 Å². The van der Waals surface area contributed by atoms with Gasteiger partial charge in [0.15, 0.2) is 0 Å². The lowest BCUT2D eigenvalue weighted by atomic mass is 10.1. The highest BCUT2D eigenvalue weighted by Gasteiger charge is 2.18. The Morgan fingerprint density at radius 2 is 1.71 bits per heavy atom. The minimum Gasteiger partial charge on any atom is -0.355 e. The van der Waals surface area contributed by atoms with Gasteiger partial charge < -0.3 is 10.6 Å². The number of fused-ring (bicyclic) bond motifs is 1. The first-order chi connectivity index (χ1) is 14.8. The van der Waals surface area contributed by atoms with Crippen LogP contribution in [-0.2, 0) is 22.7 Å². The van der Waals surface area contributed by atoms with Gasteiger partial charge in [0.25, 0.3) is 5.56 Å². The van der Waals surface area contributed by atoms with Crippen molar-refractivity contribution in [2.24, 2.45) is 5.92 Å². The molecular weight excluding hydrogens is 423 g/mol. The maximum atomic E-state index is 13.0. The Balaban J connectivity index is 1.85. The van der Waals surface area contributed by atoms with Gasteiger partial charge in [0.1, 0.15) is 23.6 Å². The average molecular weight is 447 g/mol. The summed E-state index contributed by atoms with van der Waals surface area (Å²) in [6.07, 6.45) is 0.803. The zero-order valence-electron chi connectivity index (χ0n) is 17.2. The van der Waals surface area contributed by atoms with E-state index < -0.39 is 29.5 Å². The lowest BCUT2D eigenvalue weighted by Crippen LogP contribution is -2.44. The molecule has 8 nitrogen and oxygen atoms in total. The van der Waals surface area contributed by atoms with Crippen LogP contribution in [0.2, 0.25) is 0 Å². The molecule has 0 saturated heterocycles. The van der Waals surface area contributed by atoms with Gasteiger partial charge in [-0.25, -0.2) is 13.8 Å². The molecule has 0 saturated carbocycles. The molecule has 0 atom stereocenters. The van der Waals surface area contributed by atoms with Crippen molar-refractivity contribution < 1.29 is 14.0 Å². The Hall–Kier alpha value is -3.27. The third kappa shape index (κ3) is 5.46. The minimum absolute atomic E-state index is 0.260. The van der Waals surface area contributed by atoms with Gasteiger partial charge in [-0.3, -0.25) is 19.0 Å². The fourth-order valence-electron chi connectivity index (χ4n) is 3.00. The number of thiophene rings is 1. The van der Waals surface area contributed by atoms with E-state index in [1.807, 2.05) is 13.8 Å². The van der Waals surface area contributed by atoms with Gasteiger partial charge in [-0.15, -0.1) is 11.3 Å². The second kappa shape index (κ2) is 9.69. The first-order valence-electron chi connectivity index (χ1n) is 9.79. The molecule has 3 aromatic rings. The summed E-state index contributed by atoms with van der Waals surface area (Å²) in [6.45, 7) is 3.77. The third-order valence-corrected chi connectivity index (χ3v) is 5.50. The van der Waals surface area contributed by atoms with Gasteiger partial charge in [0, 0.05) is 12.2 Å². The topological polar surface area (TPSA) is 102 Å². The van der Waals surface area contributed by atoms with Crippen LogP contribution in [0.15, 0.2) is 45.3 Å². The normalized spacial score (nSPS) is 11.1. The Morgan fingerprint density at radius 1 is 1.03 bits per heavy atom. The molecule has 1 aromatic carbocycles. The molecule has 2 aromatic heterocycles. The molecular formula is C21H23FN4O4S. The van der Waals surface area contributed by atoms with Crippen molar-refractivity contribution in [3.63, 3.8) is 0 Å². The molecule has 0 fully saturated rings. The number of hydrogen-bond acceptors (Lipinski definition) is 5. The standard InChI is InChI=1S/C21H23FN4O4S/c1-13(2)7-9-23-17(27)11-25-16-8-10-31-19(16)20(29)26(21(25)30)12-18(28)24-15-5-3-14(22)4-6-15/h3-6,8,10,13H,7,9,11-12H2,1-2H3,(H,23,27)(H,24,28). The summed E-state index contributed by atoms with van der Waals surface area (Å²) < 4.78 is 15.3.